The van der Waals surface area contributed by atoms with Gasteiger partial charge in [-0.05, 0) is 58.2 Å². The molecule has 0 heterocycles. The van der Waals surface area contributed by atoms with Crippen LogP contribution < -0.4 is 0 Å². The lowest BCUT2D eigenvalue weighted by atomic mass is 9.99. The number of carbonyl (C=O) groups is 1. The molecule has 0 fully saturated rings. The summed E-state index contributed by atoms with van der Waals surface area (Å²) < 4.78 is 34.1. The molecular formula is C18H23FN2O3S. The molecule has 0 amide bonds. The lowest BCUT2D eigenvalue weighted by Gasteiger charge is -2.16. The number of hydrogen-bond donors (Lipinski definition) is 0. The van der Waals surface area contributed by atoms with E-state index >= 15 is 0 Å². The summed E-state index contributed by atoms with van der Waals surface area (Å²) in [6.45, 7) is 7.26. The van der Waals surface area contributed by atoms with E-state index in [-0.39, 0.29) is 25.3 Å². The Labute approximate surface area is 150 Å². The minimum Gasteiger partial charge on any atom is -0.465 e. The molecule has 0 bridgehead atoms. The second-order valence-electron chi connectivity index (χ2n) is 6.38. The molecule has 25 heavy (non-hydrogen) atoms. The Bertz CT molecular complexity index is 688. The first-order valence-electron chi connectivity index (χ1n) is 8.00. The third-order valence-corrected chi connectivity index (χ3v) is 4.73. The molecule has 0 N–H and O–H groups in total. The van der Waals surface area contributed by atoms with Crippen molar-refractivity contribution in [1.82, 2.24) is 0 Å². The molecule has 0 saturated heterocycles. The van der Waals surface area contributed by atoms with E-state index < -0.39 is 27.6 Å². The number of hydrogen-bond acceptors (Lipinski definition) is 4. The Morgan fingerprint density at radius 1 is 1.36 bits per heavy atom. The highest BCUT2D eigenvalue weighted by Crippen LogP contribution is 2.18. The normalized spacial score (nSPS) is 14.5. The Kier molecular flexibility index (Phi) is 7.91. The number of nitrogens with zero attached hydrogens (tertiary/aromatic N) is 2. The quantitative estimate of drug-likeness (QED) is 0.546. The highest BCUT2D eigenvalue weighted by molar-refractivity contribution is 7.85. The highest BCUT2D eigenvalue weighted by atomic mass is 32.2. The number of nitriles is 1. The van der Waals surface area contributed by atoms with Crippen molar-refractivity contribution in [1.29, 1.82) is 5.26 Å². The molecule has 0 spiro atoms. The first-order valence-corrected chi connectivity index (χ1v) is 9.11. The average Bonchev–Trinajstić information content (AvgIpc) is 2.54. The summed E-state index contributed by atoms with van der Waals surface area (Å²) in [4.78, 5) is 11.8. The average molecular weight is 366 g/mol. The maximum absolute atomic E-state index is 13.2. The number of ether oxygens (including phenoxy) is 1. The Hall–Kier alpha value is -2.07. The van der Waals surface area contributed by atoms with Crippen LogP contribution in [0.3, 0.4) is 0 Å². The van der Waals surface area contributed by atoms with Gasteiger partial charge in [0.25, 0.3) is 0 Å². The second kappa shape index (κ2) is 9.42. The summed E-state index contributed by atoms with van der Waals surface area (Å²) in [6.07, 6.45) is 0.442. The smallest absolute Gasteiger partial charge is 0.323 e. The highest BCUT2D eigenvalue weighted by Gasteiger charge is 2.23. The van der Waals surface area contributed by atoms with Gasteiger partial charge < -0.3 is 4.74 Å². The van der Waals surface area contributed by atoms with Crippen LogP contribution in [0.25, 0.3) is 0 Å². The molecule has 1 aromatic rings. The van der Waals surface area contributed by atoms with Crippen molar-refractivity contribution < 1.29 is 18.1 Å². The Balaban J connectivity index is 3.05. The van der Waals surface area contributed by atoms with Crippen molar-refractivity contribution in [2.24, 2.45) is 10.3 Å². The largest absolute Gasteiger partial charge is 0.465 e. The fraction of sp³-hybridized carbons (Fsp3) is 0.500. The van der Waals surface area contributed by atoms with Crippen LogP contribution >= 0.6 is 0 Å². The lowest BCUT2D eigenvalue weighted by Crippen LogP contribution is -2.22. The van der Waals surface area contributed by atoms with Crippen molar-refractivity contribution in [3.63, 3.8) is 0 Å². The molecule has 0 radical (unpaired) electrons. The topological polar surface area (TPSA) is 79.5 Å². The predicted octanol–water partition coefficient (Wildman–Crippen LogP) is 3.56. The first-order chi connectivity index (χ1) is 11.7. The van der Waals surface area contributed by atoms with Crippen LogP contribution in [-0.2, 0) is 20.5 Å². The van der Waals surface area contributed by atoms with Gasteiger partial charge in [0.1, 0.15) is 22.7 Å². The van der Waals surface area contributed by atoms with Crippen LogP contribution in [0.15, 0.2) is 28.7 Å². The summed E-state index contributed by atoms with van der Waals surface area (Å²) in [5.74, 6) is -1.89. The third kappa shape index (κ3) is 6.75. The van der Waals surface area contributed by atoms with Gasteiger partial charge in [-0.25, -0.2) is 8.60 Å². The molecule has 1 unspecified atom stereocenters. The molecule has 0 aromatic heterocycles. The minimum absolute atomic E-state index is 0.187. The number of halogens is 1. The summed E-state index contributed by atoms with van der Waals surface area (Å²) in [5, 5.41) is 9.15. The van der Waals surface area contributed by atoms with Crippen LogP contribution in [0.2, 0.25) is 0 Å². The zero-order valence-electron chi connectivity index (χ0n) is 14.9. The van der Waals surface area contributed by atoms with Crippen LogP contribution in [0.4, 0.5) is 4.39 Å². The summed E-state index contributed by atoms with van der Waals surface area (Å²) in [7, 11) is -1.51. The van der Waals surface area contributed by atoms with E-state index in [0.29, 0.717) is 11.3 Å². The number of esters is 1. The van der Waals surface area contributed by atoms with Crippen LogP contribution in [0.5, 0.6) is 0 Å². The van der Waals surface area contributed by atoms with Crippen molar-refractivity contribution in [3.8, 4) is 6.07 Å². The first kappa shape index (κ1) is 21.0. The molecule has 0 aliphatic rings. The van der Waals surface area contributed by atoms with Gasteiger partial charge in [-0.1, -0.05) is 12.1 Å². The SMILES string of the molecule is CCOC(=O)C(C#N)CC/C(=N\[S@](=O)C(C)(C)C)c1ccc(F)cc1. The van der Waals surface area contributed by atoms with Gasteiger partial charge in [-0.3, -0.25) is 4.79 Å². The van der Waals surface area contributed by atoms with Crippen LogP contribution in [-0.4, -0.2) is 27.2 Å². The molecule has 1 rings (SSSR count). The number of benzene rings is 1. The maximum atomic E-state index is 13.2. The minimum atomic E-state index is -1.51. The van der Waals surface area contributed by atoms with Crippen LogP contribution in [0, 0.1) is 23.1 Å². The molecule has 1 aromatic carbocycles. The van der Waals surface area contributed by atoms with E-state index in [2.05, 4.69) is 4.40 Å². The van der Waals surface area contributed by atoms with Gasteiger partial charge in [0.05, 0.1) is 23.1 Å². The zero-order chi connectivity index (χ0) is 19.0. The molecular weight excluding hydrogens is 343 g/mol. The molecule has 0 saturated carbocycles. The van der Waals surface area contributed by atoms with E-state index in [1.54, 1.807) is 39.8 Å². The summed E-state index contributed by atoms with van der Waals surface area (Å²) in [6, 6.07) is 7.58. The van der Waals surface area contributed by atoms with Gasteiger partial charge in [-0.15, -0.1) is 0 Å². The lowest BCUT2D eigenvalue weighted by molar-refractivity contribution is -0.146. The standard InChI is InChI=1S/C18H23FN2O3S/c1-5-24-17(22)14(12-20)8-11-16(21-25(23)18(2,3)4)13-6-9-15(19)10-7-13/h6-7,9-10,14H,5,8,11H2,1-4H3/b21-16+/t14?,25-/m1/s1. The second-order valence-corrected chi connectivity index (χ2v) is 8.28. The van der Waals surface area contributed by atoms with E-state index in [1.165, 1.54) is 12.1 Å². The van der Waals surface area contributed by atoms with E-state index in [0.717, 1.165) is 0 Å². The van der Waals surface area contributed by atoms with Crippen LogP contribution in [0.1, 0.15) is 46.1 Å². The van der Waals surface area contributed by atoms with Crippen molar-refractivity contribution in [2.75, 3.05) is 6.61 Å². The molecule has 5 nitrogen and oxygen atoms in total. The number of carbonyl (C=O) groups excluding carboxylic acids is 1. The Morgan fingerprint density at radius 3 is 2.44 bits per heavy atom. The van der Waals surface area contributed by atoms with E-state index in [4.69, 9.17) is 10.00 Å². The van der Waals surface area contributed by atoms with Gasteiger partial charge in [0, 0.05) is 0 Å². The van der Waals surface area contributed by atoms with Gasteiger partial charge in [-0.2, -0.15) is 9.66 Å². The zero-order valence-corrected chi connectivity index (χ0v) is 15.7. The molecule has 7 heteroatoms. The van der Waals surface area contributed by atoms with Crippen molar-refractivity contribution in [2.45, 2.75) is 45.3 Å². The predicted molar refractivity (Wildman–Crippen MR) is 95.8 cm³/mol. The van der Waals surface area contributed by atoms with E-state index in [9.17, 15) is 13.4 Å². The third-order valence-electron chi connectivity index (χ3n) is 3.29. The molecule has 0 aliphatic carbocycles. The molecule has 136 valence electrons. The fourth-order valence-corrected chi connectivity index (χ4v) is 2.55. The van der Waals surface area contributed by atoms with Crippen molar-refractivity contribution in [3.05, 3.63) is 35.6 Å². The van der Waals surface area contributed by atoms with Gasteiger partial charge >= 0.3 is 5.97 Å². The summed E-state index contributed by atoms with van der Waals surface area (Å²) >= 11 is 0. The molecule has 2 atom stereocenters. The van der Waals surface area contributed by atoms with Gasteiger partial charge in [0.15, 0.2) is 0 Å². The summed E-state index contributed by atoms with van der Waals surface area (Å²) in [5.41, 5.74) is 1.08. The van der Waals surface area contributed by atoms with Gasteiger partial charge in [0.2, 0.25) is 0 Å². The van der Waals surface area contributed by atoms with E-state index in [1.807, 2.05) is 6.07 Å². The van der Waals surface area contributed by atoms with Crippen molar-refractivity contribution >= 4 is 22.7 Å². The number of rotatable bonds is 7. The Morgan fingerprint density at radius 2 is 1.96 bits per heavy atom. The molecule has 0 aliphatic heterocycles. The monoisotopic (exact) mass is 366 g/mol. The maximum Gasteiger partial charge on any atom is 0.323 e. The fourth-order valence-electron chi connectivity index (χ4n) is 1.88.